The topological polar surface area (TPSA) is 61.6 Å². The van der Waals surface area contributed by atoms with Crippen LogP contribution in [0.5, 0.6) is 0 Å². The van der Waals surface area contributed by atoms with Gasteiger partial charge in [0.25, 0.3) is 5.56 Å². The number of rotatable bonds is 4. The maximum atomic E-state index is 14.4. The van der Waals surface area contributed by atoms with Gasteiger partial charge in [-0.25, -0.2) is 9.37 Å². The number of aliphatic hydroxyl groups is 1. The normalized spacial score (nSPS) is 21.2. The summed E-state index contributed by atoms with van der Waals surface area (Å²) in [5.41, 5.74) is 1.58. The van der Waals surface area contributed by atoms with E-state index in [0.717, 1.165) is 44.7 Å². The summed E-state index contributed by atoms with van der Waals surface area (Å²) in [5.74, 6) is -0.198. The zero-order chi connectivity index (χ0) is 20.7. The van der Waals surface area contributed by atoms with Crippen molar-refractivity contribution in [2.45, 2.75) is 25.4 Å². The van der Waals surface area contributed by atoms with E-state index in [-0.39, 0.29) is 30.1 Å². The van der Waals surface area contributed by atoms with E-state index in [0.29, 0.717) is 16.9 Å². The number of aromatic nitrogens is 2. The Hall–Kier alpha value is -2.77. The predicted molar refractivity (Wildman–Crippen MR) is 115 cm³/mol. The Bertz CT molecular complexity index is 1140. The first kappa shape index (κ1) is 19.2. The number of piperidine rings is 1. The number of halogens is 1. The minimum atomic E-state index is -0.442. The molecule has 156 valence electrons. The van der Waals surface area contributed by atoms with E-state index in [4.69, 9.17) is 0 Å². The number of benzene rings is 2. The molecule has 0 aliphatic carbocycles. The molecule has 3 saturated heterocycles. The second-order valence-electron chi connectivity index (χ2n) is 8.06. The summed E-state index contributed by atoms with van der Waals surface area (Å²) in [6, 6.07) is 12.6. The lowest BCUT2D eigenvalue weighted by molar-refractivity contribution is 0.250. The van der Waals surface area contributed by atoms with Gasteiger partial charge in [-0.2, -0.15) is 0 Å². The van der Waals surface area contributed by atoms with Gasteiger partial charge in [-0.1, -0.05) is 12.1 Å². The molecule has 0 spiro atoms. The van der Waals surface area contributed by atoms with Crippen molar-refractivity contribution in [1.29, 1.82) is 0 Å². The molecule has 3 aromatic rings. The Kier molecular flexibility index (Phi) is 5.00. The van der Waals surface area contributed by atoms with Crippen molar-refractivity contribution in [3.8, 4) is 11.4 Å². The molecule has 3 aliphatic heterocycles. The lowest BCUT2D eigenvalue weighted by atomic mass is 10.0. The largest absolute Gasteiger partial charge is 0.395 e. The van der Waals surface area contributed by atoms with Gasteiger partial charge in [0, 0.05) is 37.9 Å². The van der Waals surface area contributed by atoms with E-state index in [1.165, 1.54) is 10.6 Å². The van der Waals surface area contributed by atoms with Gasteiger partial charge in [0.1, 0.15) is 11.6 Å². The van der Waals surface area contributed by atoms with E-state index < -0.39 is 5.82 Å². The smallest absolute Gasteiger partial charge is 0.261 e. The van der Waals surface area contributed by atoms with E-state index in [9.17, 15) is 14.3 Å². The third kappa shape index (κ3) is 3.28. The van der Waals surface area contributed by atoms with Crippen LogP contribution in [-0.4, -0.2) is 58.4 Å². The van der Waals surface area contributed by atoms with Crippen LogP contribution < -0.4 is 10.5 Å². The first-order valence-electron chi connectivity index (χ1n) is 10.5. The molecule has 0 unspecified atom stereocenters. The van der Waals surface area contributed by atoms with Crippen molar-refractivity contribution in [1.82, 2.24) is 14.5 Å². The highest BCUT2D eigenvalue weighted by atomic mass is 19.1. The number of nitrogens with zero attached hydrogens (tertiary/aromatic N) is 4. The minimum Gasteiger partial charge on any atom is -0.395 e. The van der Waals surface area contributed by atoms with E-state index in [1.54, 1.807) is 18.2 Å². The van der Waals surface area contributed by atoms with Crippen molar-refractivity contribution in [2.75, 3.05) is 37.7 Å². The number of hydrogen-bond donors (Lipinski definition) is 1. The fraction of sp³-hybridized carbons (Fsp3) is 0.391. The van der Waals surface area contributed by atoms with Crippen LogP contribution in [0.1, 0.15) is 12.8 Å². The standard InChI is InChI=1S/C23H25FN4O2/c24-20-4-2-1-3-18(20)22-25-21-6-5-17(15-19(21)23(30)28(22)13-14-29)27-12-11-26-9-7-16(27)8-10-26/h1-6,15-16,29H,7-14H2. The lowest BCUT2D eigenvalue weighted by Crippen LogP contribution is -2.38. The average molecular weight is 408 g/mol. The van der Waals surface area contributed by atoms with Crippen LogP contribution in [0.15, 0.2) is 47.3 Å². The number of aliphatic hydroxyl groups excluding tert-OH is 1. The van der Waals surface area contributed by atoms with Crippen molar-refractivity contribution in [3.05, 3.63) is 58.6 Å². The molecular formula is C23H25FN4O2. The second-order valence-corrected chi connectivity index (χ2v) is 8.06. The summed E-state index contributed by atoms with van der Waals surface area (Å²) in [5, 5.41) is 10.0. The highest BCUT2D eigenvalue weighted by Crippen LogP contribution is 2.29. The molecule has 1 N–H and O–H groups in total. The Morgan fingerprint density at radius 3 is 2.63 bits per heavy atom. The molecule has 3 fully saturated rings. The van der Waals surface area contributed by atoms with Crippen LogP contribution in [0.4, 0.5) is 10.1 Å². The Morgan fingerprint density at radius 2 is 1.87 bits per heavy atom. The third-order valence-electron chi connectivity index (χ3n) is 6.36. The zero-order valence-electron chi connectivity index (χ0n) is 16.8. The van der Waals surface area contributed by atoms with E-state index >= 15 is 0 Å². The fourth-order valence-electron chi connectivity index (χ4n) is 4.77. The summed E-state index contributed by atoms with van der Waals surface area (Å²) in [6.45, 7) is 4.09. The van der Waals surface area contributed by atoms with Crippen molar-refractivity contribution < 1.29 is 9.50 Å². The quantitative estimate of drug-likeness (QED) is 0.719. The lowest BCUT2D eigenvalue weighted by Gasteiger charge is -2.33. The summed E-state index contributed by atoms with van der Waals surface area (Å²) < 4.78 is 15.8. The SMILES string of the molecule is O=c1c2cc(N3CCN4CCC3CC4)ccc2nc(-c2ccccc2F)n1CCO. The summed E-state index contributed by atoms with van der Waals surface area (Å²) >= 11 is 0. The molecule has 1 aromatic heterocycles. The van der Waals surface area contributed by atoms with Crippen molar-refractivity contribution >= 4 is 16.6 Å². The number of hydrogen-bond acceptors (Lipinski definition) is 5. The van der Waals surface area contributed by atoms with Crippen LogP contribution in [-0.2, 0) is 6.54 Å². The molecule has 7 heteroatoms. The van der Waals surface area contributed by atoms with Gasteiger partial charge >= 0.3 is 0 Å². The van der Waals surface area contributed by atoms with Crippen LogP contribution in [0.2, 0.25) is 0 Å². The third-order valence-corrected chi connectivity index (χ3v) is 6.36. The van der Waals surface area contributed by atoms with Crippen LogP contribution in [0, 0.1) is 5.82 Å². The number of fused-ring (bicyclic) bond motifs is 5. The molecule has 3 aliphatic rings. The molecule has 2 aromatic carbocycles. The summed E-state index contributed by atoms with van der Waals surface area (Å²) in [7, 11) is 0. The maximum absolute atomic E-state index is 14.4. The van der Waals surface area contributed by atoms with Crippen LogP contribution in [0.3, 0.4) is 0 Å². The highest BCUT2D eigenvalue weighted by molar-refractivity contribution is 5.83. The van der Waals surface area contributed by atoms with Crippen LogP contribution >= 0.6 is 0 Å². The molecule has 0 radical (unpaired) electrons. The number of anilines is 1. The van der Waals surface area contributed by atoms with E-state index in [2.05, 4.69) is 14.8 Å². The van der Waals surface area contributed by atoms with Gasteiger partial charge < -0.3 is 14.9 Å². The van der Waals surface area contributed by atoms with E-state index in [1.807, 2.05) is 18.2 Å². The molecule has 4 heterocycles. The molecule has 0 atom stereocenters. The highest BCUT2D eigenvalue weighted by Gasteiger charge is 2.29. The maximum Gasteiger partial charge on any atom is 0.261 e. The molecule has 6 nitrogen and oxygen atoms in total. The molecule has 0 amide bonds. The average Bonchev–Trinajstić information content (AvgIpc) is 3.10. The summed E-state index contributed by atoms with van der Waals surface area (Å²) in [6.07, 6.45) is 2.27. The minimum absolute atomic E-state index is 0.0664. The van der Waals surface area contributed by atoms with Gasteiger partial charge in [0.15, 0.2) is 0 Å². The Balaban J connectivity index is 1.64. The van der Waals surface area contributed by atoms with Gasteiger partial charge in [-0.3, -0.25) is 9.36 Å². The predicted octanol–water partition coefficient (Wildman–Crippen LogP) is 2.48. The fourth-order valence-corrected chi connectivity index (χ4v) is 4.77. The summed E-state index contributed by atoms with van der Waals surface area (Å²) in [4.78, 5) is 22.9. The second kappa shape index (κ2) is 7.81. The molecule has 0 saturated carbocycles. The molecule has 6 rings (SSSR count). The van der Waals surface area contributed by atoms with Crippen LogP contribution in [0.25, 0.3) is 22.3 Å². The molecular weight excluding hydrogens is 383 g/mol. The molecule has 30 heavy (non-hydrogen) atoms. The Labute approximate surface area is 174 Å². The van der Waals surface area contributed by atoms with Gasteiger partial charge in [-0.15, -0.1) is 0 Å². The van der Waals surface area contributed by atoms with Crippen molar-refractivity contribution in [2.24, 2.45) is 0 Å². The Morgan fingerprint density at radius 1 is 1.07 bits per heavy atom. The van der Waals surface area contributed by atoms with Crippen molar-refractivity contribution in [3.63, 3.8) is 0 Å². The van der Waals surface area contributed by atoms with Gasteiger partial charge in [0.2, 0.25) is 0 Å². The van der Waals surface area contributed by atoms with Gasteiger partial charge in [0.05, 0.1) is 29.6 Å². The zero-order valence-corrected chi connectivity index (χ0v) is 16.8. The van der Waals surface area contributed by atoms with Gasteiger partial charge in [-0.05, 0) is 43.2 Å². The molecule has 2 bridgehead atoms. The monoisotopic (exact) mass is 408 g/mol. The first-order valence-corrected chi connectivity index (χ1v) is 10.5. The first-order chi connectivity index (χ1) is 14.7.